The van der Waals surface area contributed by atoms with E-state index in [2.05, 4.69) is 10.6 Å². The minimum Gasteiger partial charge on any atom is -0.495 e. The number of rotatable bonds is 9. The number of sulfone groups is 1. The van der Waals surface area contributed by atoms with Crippen LogP contribution in [0.15, 0.2) is 29.2 Å². The summed E-state index contributed by atoms with van der Waals surface area (Å²) in [5.41, 5.74) is -1.23. The van der Waals surface area contributed by atoms with Gasteiger partial charge in [-0.25, -0.2) is 8.42 Å². The summed E-state index contributed by atoms with van der Waals surface area (Å²) in [6.45, 7) is 2.36. The zero-order valence-electron chi connectivity index (χ0n) is 21.2. The molecule has 0 aromatic heterocycles. The maximum atomic E-state index is 14.1. The Morgan fingerprint density at radius 2 is 1.92 bits per heavy atom. The van der Waals surface area contributed by atoms with Gasteiger partial charge in [0.05, 0.1) is 18.4 Å². The summed E-state index contributed by atoms with van der Waals surface area (Å²) in [7, 11) is -0.673. The summed E-state index contributed by atoms with van der Waals surface area (Å²) in [6, 6.07) is 4.85. The van der Waals surface area contributed by atoms with E-state index in [-0.39, 0.29) is 62.3 Å². The predicted molar refractivity (Wildman–Crippen MR) is 141 cm³/mol. The van der Waals surface area contributed by atoms with E-state index in [4.69, 9.17) is 27.9 Å². The maximum absolute atomic E-state index is 14.1. The molecule has 1 fully saturated rings. The molecule has 1 heterocycles. The lowest BCUT2D eigenvalue weighted by atomic mass is 10.00. The molecule has 2 aromatic rings. The van der Waals surface area contributed by atoms with Crippen molar-refractivity contribution in [3.63, 3.8) is 0 Å². The third-order valence-corrected chi connectivity index (χ3v) is 8.91. The molecular formula is C25H30Cl2F3N3O4S. The number of hydrogen-bond acceptors (Lipinski definition) is 6. The molecule has 7 nitrogen and oxygen atoms in total. The number of piperidine rings is 1. The van der Waals surface area contributed by atoms with Crippen molar-refractivity contribution in [2.75, 3.05) is 33.0 Å². The zero-order valence-corrected chi connectivity index (χ0v) is 23.5. The van der Waals surface area contributed by atoms with Crippen LogP contribution in [0.5, 0.6) is 5.75 Å². The van der Waals surface area contributed by atoms with E-state index in [1.54, 1.807) is 0 Å². The van der Waals surface area contributed by atoms with Crippen LogP contribution in [-0.2, 0) is 29.1 Å². The van der Waals surface area contributed by atoms with Gasteiger partial charge < -0.3 is 15.4 Å². The van der Waals surface area contributed by atoms with Gasteiger partial charge in [-0.15, -0.1) is 0 Å². The van der Waals surface area contributed by atoms with Gasteiger partial charge in [-0.1, -0.05) is 30.1 Å². The second-order valence-corrected chi connectivity index (χ2v) is 12.1. The molecule has 0 radical (unpaired) electrons. The lowest BCUT2D eigenvalue weighted by Crippen LogP contribution is -2.44. The van der Waals surface area contributed by atoms with E-state index in [1.807, 2.05) is 11.9 Å². The second-order valence-electron chi connectivity index (χ2n) is 9.03. The first kappa shape index (κ1) is 30.5. The van der Waals surface area contributed by atoms with E-state index in [0.29, 0.717) is 13.1 Å². The molecule has 2 N–H and O–H groups in total. The molecule has 0 spiro atoms. The predicted octanol–water partition coefficient (Wildman–Crippen LogP) is 4.93. The molecule has 1 aliphatic heterocycles. The fraction of sp³-hybridized carbons (Fsp3) is 0.480. The zero-order chi connectivity index (χ0) is 28.3. The SMILES string of the molecule is CCS(=O)(=O)c1c(CNC(=O)c2cc(Cl)c(CN3CCC[C@H](NC)C3)c(C(F)(F)F)c2)cc(Cl)cc1OC. The number of nitrogens with one attached hydrogen (secondary N) is 2. The molecule has 0 saturated carbocycles. The average Bonchev–Trinajstić information content (AvgIpc) is 2.87. The number of hydrogen-bond donors (Lipinski definition) is 2. The van der Waals surface area contributed by atoms with Crippen molar-refractivity contribution in [1.29, 1.82) is 0 Å². The molecule has 38 heavy (non-hydrogen) atoms. The quantitative estimate of drug-likeness (QED) is 0.427. The van der Waals surface area contributed by atoms with E-state index in [1.165, 1.54) is 32.2 Å². The van der Waals surface area contributed by atoms with Crippen molar-refractivity contribution in [3.05, 3.63) is 56.6 Å². The first-order valence-electron chi connectivity index (χ1n) is 12.0. The van der Waals surface area contributed by atoms with Crippen LogP contribution in [0.25, 0.3) is 0 Å². The summed E-state index contributed by atoms with van der Waals surface area (Å²) in [5, 5.41) is 5.64. The van der Waals surface area contributed by atoms with Crippen LogP contribution in [-0.4, -0.2) is 58.3 Å². The third-order valence-electron chi connectivity index (χ3n) is 6.51. The van der Waals surface area contributed by atoms with Crippen molar-refractivity contribution in [3.8, 4) is 5.75 Å². The molecule has 13 heteroatoms. The Bertz CT molecular complexity index is 1290. The number of methoxy groups -OCH3 is 1. The fourth-order valence-electron chi connectivity index (χ4n) is 4.52. The van der Waals surface area contributed by atoms with Gasteiger partial charge in [0.15, 0.2) is 9.84 Å². The van der Waals surface area contributed by atoms with Crippen LogP contribution in [0.4, 0.5) is 13.2 Å². The van der Waals surface area contributed by atoms with Crippen LogP contribution >= 0.6 is 23.2 Å². The summed E-state index contributed by atoms with van der Waals surface area (Å²) in [4.78, 5) is 14.7. The van der Waals surface area contributed by atoms with Crippen LogP contribution in [0.2, 0.25) is 10.0 Å². The first-order chi connectivity index (χ1) is 17.8. The average molecular weight is 596 g/mol. The molecule has 0 bridgehead atoms. The normalized spacial score (nSPS) is 16.9. The molecule has 0 unspecified atom stereocenters. The van der Waals surface area contributed by atoms with Gasteiger partial charge in [-0.05, 0) is 55.8 Å². The first-order valence-corrected chi connectivity index (χ1v) is 14.4. The lowest BCUT2D eigenvalue weighted by Gasteiger charge is -2.33. The van der Waals surface area contributed by atoms with Crippen molar-refractivity contribution >= 4 is 38.9 Å². The van der Waals surface area contributed by atoms with E-state index in [9.17, 15) is 26.4 Å². The lowest BCUT2D eigenvalue weighted by molar-refractivity contribution is -0.138. The Morgan fingerprint density at radius 1 is 1.21 bits per heavy atom. The smallest absolute Gasteiger partial charge is 0.416 e. The monoisotopic (exact) mass is 595 g/mol. The number of benzene rings is 2. The number of ether oxygens (including phenoxy) is 1. The molecule has 1 aliphatic rings. The Labute approximate surface area is 230 Å². The Hall–Kier alpha value is -2.05. The highest BCUT2D eigenvalue weighted by Gasteiger charge is 2.36. The van der Waals surface area contributed by atoms with Gasteiger partial charge in [-0.3, -0.25) is 9.69 Å². The summed E-state index contributed by atoms with van der Waals surface area (Å²) >= 11 is 12.4. The number of amides is 1. The van der Waals surface area contributed by atoms with Gasteiger partial charge >= 0.3 is 6.18 Å². The van der Waals surface area contributed by atoms with E-state index < -0.39 is 27.5 Å². The number of nitrogens with zero attached hydrogens (tertiary/aromatic N) is 1. The van der Waals surface area contributed by atoms with Crippen LogP contribution < -0.4 is 15.4 Å². The Morgan fingerprint density at radius 3 is 2.53 bits per heavy atom. The molecule has 210 valence electrons. The largest absolute Gasteiger partial charge is 0.495 e. The van der Waals surface area contributed by atoms with Crippen LogP contribution in [0.1, 0.15) is 46.8 Å². The second kappa shape index (κ2) is 12.4. The highest BCUT2D eigenvalue weighted by molar-refractivity contribution is 7.91. The highest BCUT2D eigenvalue weighted by atomic mass is 35.5. The molecule has 3 rings (SSSR count). The van der Waals surface area contributed by atoms with Gasteiger partial charge in [-0.2, -0.15) is 13.2 Å². The number of carbonyl (C=O) groups is 1. The van der Waals surface area contributed by atoms with Gasteiger partial charge in [0.25, 0.3) is 5.91 Å². The van der Waals surface area contributed by atoms with Crippen molar-refractivity contribution in [2.24, 2.45) is 0 Å². The number of carbonyl (C=O) groups excluding carboxylic acids is 1. The van der Waals surface area contributed by atoms with Crippen molar-refractivity contribution in [1.82, 2.24) is 15.5 Å². The van der Waals surface area contributed by atoms with Crippen molar-refractivity contribution in [2.45, 2.75) is 50.0 Å². The van der Waals surface area contributed by atoms with E-state index >= 15 is 0 Å². The fourth-order valence-corrected chi connectivity index (χ4v) is 6.30. The molecular weight excluding hydrogens is 566 g/mol. The summed E-state index contributed by atoms with van der Waals surface area (Å²) in [6.07, 6.45) is -2.96. The molecule has 1 atom stereocenters. The van der Waals surface area contributed by atoms with Crippen LogP contribution in [0.3, 0.4) is 0 Å². The summed E-state index contributed by atoms with van der Waals surface area (Å²) < 4.78 is 72.7. The Balaban J connectivity index is 1.91. The van der Waals surface area contributed by atoms with E-state index in [0.717, 1.165) is 18.9 Å². The molecule has 1 saturated heterocycles. The molecule has 2 aromatic carbocycles. The number of alkyl halides is 3. The maximum Gasteiger partial charge on any atom is 0.416 e. The minimum atomic E-state index is -4.74. The van der Waals surface area contributed by atoms with Crippen molar-refractivity contribution < 1.29 is 31.1 Å². The number of halogens is 5. The standard InChI is InChI=1S/C25H30Cl2F3N3O4S/c1-4-38(35,36)23-16(8-17(26)11-22(23)37-3)12-32-24(34)15-9-20(25(28,29)30)19(21(27)10-15)14-33-7-5-6-18(13-33)31-2/h8-11,18,31H,4-7,12-14H2,1-3H3,(H,32,34)/t18-/m0/s1. The molecule has 0 aliphatic carbocycles. The third kappa shape index (κ3) is 7.12. The van der Waals surface area contributed by atoms with Crippen LogP contribution in [0, 0.1) is 0 Å². The summed E-state index contributed by atoms with van der Waals surface area (Å²) in [5.74, 6) is -1.08. The minimum absolute atomic E-state index is 0.00565. The number of likely N-dealkylation sites (N-methyl/N-ethyl adjacent to an activating group) is 1. The topological polar surface area (TPSA) is 87.7 Å². The highest BCUT2D eigenvalue weighted by Crippen LogP contribution is 2.37. The number of likely N-dealkylation sites (tertiary alicyclic amines) is 1. The Kier molecular flexibility index (Phi) is 9.97. The molecule has 1 amide bonds. The van der Waals surface area contributed by atoms with Gasteiger partial charge in [0.1, 0.15) is 10.6 Å². The van der Waals surface area contributed by atoms with Gasteiger partial charge in [0, 0.05) is 47.4 Å². The van der Waals surface area contributed by atoms with Gasteiger partial charge in [0.2, 0.25) is 0 Å².